The second-order valence-corrected chi connectivity index (χ2v) is 13.5. The fourth-order valence-corrected chi connectivity index (χ4v) is 9.44. The van der Waals surface area contributed by atoms with E-state index in [9.17, 15) is 0 Å². The third-order valence-electron chi connectivity index (χ3n) is 10.1. The van der Waals surface area contributed by atoms with Crippen LogP contribution in [0.2, 0.25) is 0 Å². The van der Waals surface area contributed by atoms with E-state index in [-0.39, 0.29) is 0 Å². The van der Waals surface area contributed by atoms with E-state index >= 15 is 0 Å². The Kier molecular flexibility index (Phi) is 4.78. The summed E-state index contributed by atoms with van der Waals surface area (Å²) in [5, 5.41) is 10.6. The predicted molar refractivity (Wildman–Crippen MR) is 199 cm³/mol. The van der Waals surface area contributed by atoms with Crippen molar-refractivity contribution in [2.45, 2.75) is 0 Å². The van der Waals surface area contributed by atoms with Crippen LogP contribution < -0.4 is 0 Å². The molecule has 2 heteroatoms. The van der Waals surface area contributed by atoms with Crippen molar-refractivity contribution in [3.63, 3.8) is 0 Å². The maximum Gasteiger partial charge on any atom is 0.0547 e. The molecule has 2 heterocycles. The lowest BCUT2D eigenvalue weighted by Crippen LogP contribution is -1.95. The number of nitrogens with zero attached hydrogens (tertiary/aromatic N) is 1. The Labute approximate surface area is 269 Å². The van der Waals surface area contributed by atoms with Crippen LogP contribution in [0.4, 0.5) is 0 Å². The third-order valence-corrected chi connectivity index (χ3v) is 11.3. The van der Waals surface area contributed by atoms with Gasteiger partial charge in [-0.3, -0.25) is 0 Å². The molecule has 1 aliphatic rings. The highest BCUT2D eigenvalue weighted by Gasteiger charge is 2.24. The topological polar surface area (TPSA) is 4.93 Å². The van der Waals surface area contributed by atoms with Gasteiger partial charge in [0.2, 0.25) is 0 Å². The van der Waals surface area contributed by atoms with Crippen molar-refractivity contribution in [1.82, 2.24) is 4.57 Å². The van der Waals surface area contributed by atoms with Gasteiger partial charge in [-0.1, -0.05) is 115 Å². The van der Waals surface area contributed by atoms with Crippen molar-refractivity contribution < 1.29 is 0 Å². The van der Waals surface area contributed by atoms with E-state index in [1.165, 1.54) is 103 Å². The highest BCUT2D eigenvalue weighted by molar-refractivity contribution is 7.26. The molecule has 0 bridgehead atoms. The summed E-state index contributed by atoms with van der Waals surface area (Å²) in [6.07, 6.45) is 0. The maximum absolute atomic E-state index is 2.47. The first-order chi connectivity index (χ1) is 22.8. The second kappa shape index (κ2) is 8.94. The van der Waals surface area contributed by atoms with Gasteiger partial charge in [0.1, 0.15) is 0 Å². The monoisotopic (exact) mass is 599 g/mol. The summed E-state index contributed by atoms with van der Waals surface area (Å²) in [6, 6.07) is 56.3. The van der Waals surface area contributed by atoms with Crippen LogP contribution in [-0.4, -0.2) is 4.57 Å². The zero-order valence-electron chi connectivity index (χ0n) is 24.8. The Morgan fingerprint density at radius 3 is 1.89 bits per heavy atom. The summed E-state index contributed by atoms with van der Waals surface area (Å²) >= 11 is 1.90. The molecule has 0 atom stereocenters. The van der Waals surface area contributed by atoms with E-state index in [4.69, 9.17) is 0 Å². The lowest BCUT2D eigenvalue weighted by atomic mass is 9.93. The van der Waals surface area contributed by atoms with Gasteiger partial charge in [-0.2, -0.15) is 0 Å². The van der Waals surface area contributed by atoms with Gasteiger partial charge in [-0.15, -0.1) is 11.3 Å². The molecule has 0 saturated carbocycles. The molecule has 0 saturated heterocycles. The molecule has 2 aromatic heterocycles. The van der Waals surface area contributed by atoms with E-state index < -0.39 is 0 Å². The zero-order chi connectivity index (χ0) is 29.9. The molecule has 0 spiro atoms. The van der Waals surface area contributed by atoms with E-state index in [1.54, 1.807) is 0 Å². The van der Waals surface area contributed by atoms with E-state index in [0.717, 1.165) is 0 Å². The molecule has 0 unspecified atom stereocenters. The Hall–Kier alpha value is -5.70. The van der Waals surface area contributed by atoms with Crippen molar-refractivity contribution >= 4 is 74.9 Å². The van der Waals surface area contributed by atoms with E-state index in [2.05, 4.69) is 156 Å². The normalized spacial score (nSPS) is 12.3. The first-order valence-corrected chi connectivity index (χ1v) is 16.7. The molecule has 1 aliphatic carbocycles. The van der Waals surface area contributed by atoms with Crippen molar-refractivity contribution in [2.24, 2.45) is 0 Å². The minimum atomic E-state index is 1.18. The molecule has 212 valence electrons. The van der Waals surface area contributed by atoms with E-state index in [0.29, 0.717) is 0 Å². The number of hydrogen-bond acceptors (Lipinski definition) is 1. The first-order valence-electron chi connectivity index (χ1n) is 15.9. The zero-order valence-corrected chi connectivity index (χ0v) is 25.6. The molecule has 0 aliphatic heterocycles. The fraction of sp³-hybridized carbons (Fsp3) is 0. The Morgan fingerprint density at radius 2 is 1.04 bits per heavy atom. The molecule has 0 N–H and O–H groups in total. The Bertz CT molecular complexity index is 2900. The number of thiophene rings is 1. The van der Waals surface area contributed by atoms with Gasteiger partial charge in [0.05, 0.1) is 11.0 Å². The van der Waals surface area contributed by atoms with Gasteiger partial charge in [-0.25, -0.2) is 0 Å². The summed E-state index contributed by atoms with van der Waals surface area (Å²) in [6.45, 7) is 0. The molecule has 0 fully saturated rings. The molecule has 8 aromatic carbocycles. The predicted octanol–water partition coefficient (Wildman–Crippen LogP) is 12.8. The average Bonchev–Trinajstić information content (AvgIpc) is 3.64. The average molecular weight is 600 g/mol. The lowest BCUT2D eigenvalue weighted by molar-refractivity contribution is 1.18. The molecule has 0 amide bonds. The summed E-state index contributed by atoms with van der Waals surface area (Å²) in [5.74, 6) is 0. The smallest absolute Gasteiger partial charge is 0.0547 e. The van der Waals surface area contributed by atoms with Crippen LogP contribution in [0.25, 0.3) is 103 Å². The van der Waals surface area contributed by atoms with Crippen LogP contribution >= 0.6 is 11.3 Å². The lowest BCUT2D eigenvalue weighted by Gasteiger charge is -2.14. The quantitative estimate of drug-likeness (QED) is 0.186. The second-order valence-electron chi connectivity index (χ2n) is 12.4. The van der Waals surface area contributed by atoms with Crippen LogP contribution in [0.1, 0.15) is 0 Å². The maximum atomic E-state index is 2.47. The van der Waals surface area contributed by atoms with Crippen LogP contribution in [0.15, 0.2) is 152 Å². The molecular formula is C44H25NS. The summed E-state index contributed by atoms with van der Waals surface area (Å²) in [7, 11) is 0. The number of rotatable bonds is 2. The molecule has 46 heavy (non-hydrogen) atoms. The highest BCUT2D eigenvalue weighted by Crippen LogP contribution is 2.50. The van der Waals surface area contributed by atoms with Gasteiger partial charge in [0, 0.05) is 42.2 Å². The first kappa shape index (κ1) is 24.6. The standard InChI is InChI=1S/C44H25NS/c1-2-11-30-28(9-1)25-36(44-41(30)35-14-5-6-18-39(35)46-44)26-19-22-29(23-20-26)45-37-17-8-16-34-32-13-4-3-12-31(32)33-15-7-10-27-21-24-38(45)43(40(27)33)42(34)37/h1-25H. The summed E-state index contributed by atoms with van der Waals surface area (Å²) in [5.41, 5.74) is 11.5. The van der Waals surface area contributed by atoms with Crippen molar-refractivity contribution in [3.8, 4) is 39.1 Å². The highest BCUT2D eigenvalue weighted by atomic mass is 32.1. The summed E-state index contributed by atoms with van der Waals surface area (Å²) in [4.78, 5) is 0. The molecule has 11 rings (SSSR count). The fourth-order valence-electron chi connectivity index (χ4n) is 8.19. The molecule has 10 aromatic rings. The SMILES string of the molecule is c1ccc2c(c1)-c1cccc3ccc4c(c13)c1c-2cccc1n4-c1ccc(-c2cc3ccccc3c3c2sc2ccccc23)cc1. The number of benzene rings is 8. The van der Waals surface area contributed by atoms with Gasteiger partial charge >= 0.3 is 0 Å². The molecule has 1 nitrogen and oxygen atoms in total. The van der Waals surface area contributed by atoms with Gasteiger partial charge < -0.3 is 4.57 Å². The Morgan fingerprint density at radius 1 is 0.391 bits per heavy atom. The molecule has 0 radical (unpaired) electrons. The largest absolute Gasteiger partial charge is 0.309 e. The van der Waals surface area contributed by atoms with Crippen molar-refractivity contribution in [2.75, 3.05) is 0 Å². The molecular weight excluding hydrogens is 575 g/mol. The van der Waals surface area contributed by atoms with Gasteiger partial charge in [-0.05, 0) is 85.8 Å². The van der Waals surface area contributed by atoms with Crippen LogP contribution in [0.3, 0.4) is 0 Å². The van der Waals surface area contributed by atoms with Gasteiger partial charge in [0.25, 0.3) is 0 Å². The van der Waals surface area contributed by atoms with Crippen LogP contribution in [0, 0.1) is 0 Å². The minimum Gasteiger partial charge on any atom is -0.309 e. The van der Waals surface area contributed by atoms with E-state index in [1.807, 2.05) is 11.3 Å². The van der Waals surface area contributed by atoms with Crippen molar-refractivity contribution in [3.05, 3.63) is 152 Å². The van der Waals surface area contributed by atoms with Crippen LogP contribution in [0.5, 0.6) is 0 Å². The van der Waals surface area contributed by atoms with Crippen LogP contribution in [-0.2, 0) is 0 Å². The Balaban J connectivity index is 1.18. The third kappa shape index (κ3) is 3.14. The van der Waals surface area contributed by atoms with Gasteiger partial charge in [0.15, 0.2) is 0 Å². The number of hydrogen-bond donors (Lipinski definition) is 0. The van der Waals surface area contributed by atoms with Crippen molar-refractivity contribution in [1.29, 1.82) is 0 Å². The number of aromatic nitrogens is 1. The summed E-state index contributed by atoms with van der Waals surface area (Å²) < 4.78 is 5.16. The minimum absolute atomic E-state index is 1.18. The number of fused-ring (bicyclic) bond motifs is 8.